The van der Waals surface area contributed by atoms with Crippen LogP contribution in [0.4, 0.5) is 14.5 Å². The Bertz CT molecular complexity index is 1330. The summed E-state index contributed by atoms with van der Waals surface area (Å²) < 4.78 is 30.1. The van der Waals surface area contributed by atoms with Crippen LogP contribution in [-0.2, 0) is 6.54 Å². The van der Waals surface area contributed by atoms with Crippen LogP contribution in [0.1, 0.15) is 29.8 Å². The van der Waals surface area contributed by atoms with Crippen molar-refractivity contribution in [2.75, 3.05) is 24.9 Å². The van der Waals surface area contributed by atoms with Crippen LogP contribution >= 0.6 is 23.3 Å². The number of benzene rings is 2. The van der Waals surface area contributed by atoms with Gasteiger partial charge in [0.05, 0.1) is 23.4 Å². The van der Waals surface area contributed by atoms with Gasteiger partial charge in [0.2, 0.25) is 0 Å². The highest BCUT2D eigenvalue weighted by molar-refractivity contribution is 8.00. The molecule has 0 aliphatic rings. The van der Waals surface area contributed by atoms with Gasteiger partial charge in [0.15, 0.2) is 0 Å². The minimum atomic E-state index is -0.628. The van der Waals surface area contributed by atoms with Crippen LogP contribution in [0.5, 0.6) is 0 Å². The topological polar surface area (TPSA) is 65.5 Å². The molecule has 4 rings (SSSR count). The first-order valence-electron chi connectivity index (χ1n) is 11.8. The van der Waals surface area contributed by atoms with Crippen LogP contribution in [0, 0.1) is 11.6 Å². The van der Waals surface area contributed by atoms with Crippen molar-refractivity contribution in [3.05, 3.63) is 89.8 Å². The molecule has 2 aromatic heterocycles. The molecular formula is C28H29F2N3O2S2. The maximum Gasteiger partial charge on any atom is 0.150 e. The van der Waals surface area contributed by atoms with Crippen LogP contribution in [0.2, 0.25) is 0 Å². The van der Waals surface area contributed by atoms with E-state index in [2.05, 4.69) is 9.71 Å². The first-order chi connectivity index (χ1) is 18.0. The van der Waals surface area contributed by atoms with Gasteiger partial charge in [0.25, 0.3) is 0 Å². The number of halogens is 2. The van der Waals surface area contributed by atoms with E-state index in [4.69, 9.17) is 5.11 Å². The molecule has 2 heterocycles. The molecular weight excluding hydrogens is 512 g/mol. The lowest BCUT2D eigenvalue weighted by molar-refractivity contribution is 0.112. The number of likely N-dealkylation sites (N-methyl/N-ethyl adjacent to an activating group) is 1. The second-order valence-electron chi connectivity index (χ2n) is 7.90. The number of rotatable bonds is 10. The van der Waals surface area contributed by atoms with Gasteiger partial charge in [-0.05, 0) is 66.5 Å². The molecule has 0 saturated heterocycles. The number of anilines is 1. The minimum Gasteiger partial charge on any atom is -0.395 e. The fraction of sp³-hybridized carbons (Fsp3) is 0.214. The van der Waals surface area contributed by atoms with E-state index in [1.54, 1.807) is 23.7 Å². The predicted octanol–water partition coefficient (Wildman–Crippen LogP) is 7.14. The number of hydrogen-bond donors (Lipinski definition) is 2. The summed E-state index contributed by atoms with van der Waals surface area (Å²) >= 11 is 2.65. The average molecular weight is 542 g/mol. The van der Waals surface area contributed by atoms with E-state index < -0.39 is 11.6 Å². The van der Waals surface area contributed by atoms with Crippen molar-refractivity contribution in [2.45, 2.75) is 25.3 Å². The fourth-order valence-corrected chi connectivity index (χ4v) is 5.12. The van der Waals surface area contributed by atoms with E-state index in [1.165, 1.54) is 12.1 Å². The second-order valence-corrected chi connectivity index (χ2v) is 9.83. The first-order valence-corrected chi connectivity index (χ1v) is 13.4. The molecule has 0 aliphatic heterocycles. The normalized spacial score (nSPS) is 10.7. The lowest BCUT2D eigenvalue weighted by atomic mass is 10.0. The van der Waals surface area contributed by atoms with Crippen molar-refractivity contribution in [2.24, 2.45) is 0 Å². The third-order valence-electron chi connectivity index (χ3n) is 5.28. The molecule has 2 aromatic carbocycles. The van der Waals surface area contributed by atoms with E-state index in [0.717, 1.165) is 50.7 Å². The summed E-state index contributed by atoms with van der Waals surface area (Å²) in [4.78, 5) is 20.1. The summed E-state index contributed by atoms with van der Waals surface area (Å²) in [6.07, 6.45) is 4.25. The van der Waals surface area contributed by atoms with Crippen LogP contribution in [0.3, 0.4) is 0 Å². The summed E-state index contributed by atoms with van der Waals surface area (Å²) in [5, 5.41) is 9.17. The Morgan fingerprint density at radius 3 is 2.49 bits per heavy atom. The number of nitrogens with one attached hydrogen (secondary N) is 1. The molecule has 0 fully saturated rings. The molecule has 0 spiro atoms. The summed E-state index contributed by atoms with van der Waals surface area (Å²) in [5.41, 5.74) is 4.13. The number of aromatic nitrogens is 1. The van der Waals surface area contributed by atoms with Crippen molar-refractivity contribution < 1.29 is 18.7 Å². The molecule has 0 atom stereocenters. The Kier molecular flexibility index (Phi) is 10.8. The summed E-state index contributed by atoms with van der Waals surface area (Å²) in [5.74, 6) is -1.24. The number of pyridine rings is 1. The molecule has 2 N–H and O–H groups in total. The first kappa shape index (κ1) is 28.5. The number of carbonyl (C=O) groups excluding carboxylic acids is 1. The Labute approximate surface area is 224 Å². The average Bonchev–Trinajstić information content (AvgIpc) is 3.40. The SMILES string of the molecule is CC.CN(CCO)Cc1cc(-c2ccc(-c3cncc(NSc4ccc(F)cc4F)c3)s2)ccc1C=O. The van der Waals surface area contributed by atoms with E-state index in [0.29, 0.717) is 24.3 Å². The zero-order chi connectivity index (χ0) is 26.8. The molecule has 0 aliphatic carbocycles. The molecule has 37 heavy (non-hydrogen) atoms. The maximum atomic E-state index is 13.9. The van der Waals surface area contributed by atoms with Crippen molar-refractivity contribution in [3.63, 3.8) is 0 Å². The molecule has 0 amide bonds. The van der Waals surface area contributed by atoms with E-state index in [1.807, 2.05) is 62.2 Å². The number of nitrogens with zero attached hydrogens (tertiary/aromatic N) is 2. The Morgan fingerprint density at radius 1 is 1.03 bits per heavy atom. The zero-order valence-corrected chi connectivity index (χ0v) is 22.5. The number of aliphatic hydroxyl groups is 1. The molecule has 4 aromatic rings. The van der Waals surface area contributed by atoms with Gasteiger partial charge in [-0.1, -0.05) is 26.0 Å². The number of aliphatic hydroxyl groups excluding tert-OH is 1. The maximum absolute atomic E-state index is 13.9. The molecule has 5 nitrogen and oxygen atoms in total. The van der Waals surface area contributed by atoms with Crippen molar-refractivity contribution in [3.8, 4) is 20.9 Å². The lowest BCUT2D eigenvalue weighted by Crippen LogP contribution is -2.22. The van der Waals surface area contributed by atoms with Crippen LogP contribution in [0.15, 0.2) is 71.9 Å². The smallest absolute Gasteiger partial charge is 0.150 e. The van der Waals surface area contributed by atoms with E-state index >= 15 is 0 Å². The molecule has 0 saturated carbocycles. The van der Waals surface area contributed by atoms with Crippen LogP contribution < -0.4 is 4.72 Å². The van der Waals surface area contributed by atoms with E-state index in [-0.39, 0.29) is 11.5 Å². The third kappa shape index (κ3) is 7.69. The fourth-order valence-electron chi connectivity index (χ4n) is 3.50. The Hall–Kier alpha value is -3.11. The van der Waals surface area contributed by atoms with Gasteiger partial charge in [0, 0.05) is 46.2 Å². The highest BCUT2D eigenvalue weighted by Crippen LogP contribution is 2.36. The van der Waals surface area contributed by atoms with Crippen molar-refractivity contribution in [1.29, 1.82) is 0 Å². The van der Waals surface area contributed by atoms with Crippen molar-refractivity contribution in [1.82, 2.24) is 9.88 Å². The Morgan fingerprint density at radius 2 is 1.78 bits per heavy atom. The highest BCUT2D eigenvalue weighted by atomic mass is 32.2. The molecule has 194 valence electrons. The highest BCUT2D eigenvalue weighted by Gasteiger charge is 2.11. The predicted molar refractivity (Wildman–Crippen MR) is 149 cm³/mol. The van der Waals surface area contributed by atoms with Gasteiger partial charge in [0.1, 0.15) is 17.9 Å². The van der Waals surface area contributed by atoms with Gasteiger partial charge >= 0.3 is 0 Å². The summed E-state index contributed by atoms with van der Waals surface area (Å²) in [7, 11) is 1.90. The number of hydrogen-bond acceptors (Lipinski definition) is 7. The minimum absolute atomic E-state index is 0.0558. The lowest BCUT2D eigenvalue weighted by Gasteiger charge is -2.17. The number of aldehydes is 1. The van der Waals surface area contributed by atoms with Gasteiger partial charge in [-0.15, -0.1) is 11.3 Å². The van der Waals surface area contributed by atoms with Gasteiger partial charge in [-0.25, -0.2) is 8.78 Å². The van der Waals surface area contributed by atoms with Crippen LogP contribution in [0.25, 0.3) is 20.9 Å². The molecule has 0 unspecified atom stereocenters. The molecule has 9 heteroatoms. The zero-order valence-electron chi connectivity index (χ0n) is 20.9. The quantitative estimate of drug-likeness (QED) is 0.164. The summed E-state index contributed by atoms with van der Waals surface area (Å²) in [6.45, 7) is 5.14. The second kappa shape index (κ2) is 14.0. The van der Waals surface area contributed by atoms with Gasteiger partial charge < -0.3 is 9.83 Å². The van der Waals surface area contributed by atoms with E-state index in [9.17, 15) is 13.6 Å². The number of carbonyl (C=O) groups is 1. The largest absolute Gasteiger partial charge is 0.395 e. The Balaban J connectivity index is 0.00000186. The molecule has 0 bridgehead atoms. The number of thiophene rings is 1. The van der Waals surface area contributed by atoms with Crippen molar-refractivity contribution >= 4 is 35.3 Å². The van der Waals surface area contributed by atoms with Gasteiger partial charge in [-0.3, -0.25) is 14.7 Å². The monoisotopic (exact) mass is 541 g/mol. The van der Waals surface area contributed by atoms with Crippen LogP contribution in [-0.4, -0.2) is 41.5 Å². The standard InChI is InChI=1S/C26H23F2N3O2S2.C2H6/c1-31(8-9-32)15-20-10-17(2-3-18(20)16-33)24-6-7-25(34-24)19-11-22(14-29-13-19)30-35-26-5-4-21(27)12-23(26)28;1-2/h2-7,10-14,16,30,32H,8-9,15H2,1H3;1-2H3. The molecule has 0 radical (unpaired) electrons. The third-order valence-corrected chi connectivity index (χ3v) is 7.35. The van der Waals surface area contributed by atoms with Gasteiger partial charge in [-0.2, -0.15) is 0 Å². The summed E-state index contributed by atoms with van der Waals surface area (Å²) in [6, 6.07) is 15.2.